The van der Waals surface area contributed by atoms with Crippen molar-refractivity contribution >= 4 is 11.6 Å². The largest absolute Gasteiger partial charge is 0.375 e. The van der Waals surface area contributed by atoms with Crippen LogP contribution in [-0.2, 0) is 0 Å². The summed E-state index contributed by atoms with van der Waals surface area (Å²) in [5.74, 6) is 1.04. The second-order valence-electron chi connectivity index (χ2n) is 5.88. The van der Waals surface area contributed by atoms with Gasteiger partial charge in [0.15, 0.2) is 0 Å². The van der Waals surface area contributed by atoms with Crippen molar-refractivity contribution in [1.82, 2.24) is 9.55 Å². The van der Waals surface area contributed by atoms with Crippen LogP contribution in [0.25, 0.3) is 0 Å². The minimum absolute atomic E-state index is 0.681. The van der Waals surface area contributed by atoms with E-state index in [0.717, 1.165) is 31.2 Å². The fourth-order valence-corrected chi connectivity index (χ4v) is 2.61. The maximum absolute atomic E-state index is 4.58. The van der Waals surface area contributed by atoms with Gasteiger partial charge in [-0.3, -0.25) is 0 Å². The monoisotopic (exact) mass is 284 g/mol. The summed E-state index contributed by atoms with van der Waals surface area (Å²) < 4.78 is 2.30. The number of hydrogen-bond donors (Lipinski definition) is 1. The number of nitrogens with zero attached hydrogens (tertiary/aromatic N) is 3. The average Bonchev–Trinajstić information content (AvgIpc) is 3.28. The van der Waals surface area contributed by atoms with Gasteiger partial charge in [-0.25, -0.2) is 4.98 Å². The van der Waals surface area contributed by atoms with Gasteiger partial charge in [-0.2, -0.15) is 0 Å². The summed E-state index contributed by atoms with van der Waals surface area (Å²) in [4.78, 5) is 6.88. The molecule has 2 aromatic rings. The standard InChI is InChI=1S/C17H24N4/c1-14-13-21(16-9-10-16)17(19-14)18-11-6-12-20(2)15-7-4-3-5-8-15/h3-5,7-8,13,16H,6,9-12H2,1-2H3,(H,18,19). The van der Waals surface area contributed by atoms with Crippen molar-refractivity contribution < 1.29 is 0 Å². The van der Waals surface area contributed by atoms with Gasteiger partial charge in [0.05, 0.1) is 5.69 Å². The van der Waals surface area contributed by atoms with Crippen molar-refractivity contribution in [1.29, 1.82) is 0 Å². The van der Waals surface area contributed by atoms with Gasteiger partial charge in [0, 0.05) is 38.1 Å². The Kier molecular flexibility index (Phi) is 4.13. The molecule has 1 aromatic carbocycles. The summed E-state index contributed by atoms with van der Waals surface area (Å²) >= 11 is 0. The van der Waals surface area contributed by atoms with Crippen LogP contribution in [0.2, 0.25) is 0 Å². The third kappa shape index (κ3) is 3.57. The number of hydrogen-bond acceptors (Lipinski definition) is 3. The van der Waals surface area contributed by atoms with E-state index in [-0.39, 0.29) is 0 Å². The molecular weight excluding hydrogens is 260 g/mol. The van der Waals surface area contributed by atoms with Gasteiger partial charge >= 0.3 is 0 Å². The van der Waals surface area contributed by atoms with E-state index in [9.17, 15) is 0 Å². The molecule has 0 bridgehead atoms. The van der Waals surface area contributed by atoms with Crippen molar-refractivity contribution in [2.45, 2.75) is 32.2 Å². The lowest BCUT2D eigenvalue weighted by Crippen LogP contribution is -2.21. The highest BCUT2D eigenvalue weighted by atomic mass is 15.2. The highest BCUT2D eigenvalue weighted by Crippen LogP contribution is 2.37. The minimum Gasteiger partial charge on any atom is -0.375 e. The minimum atomic E-state index is 0.681. The van der Waals surface area contributed by atoms with Crippen molar-refractivity contribution in [3.8, 4) is 0 Å². The molecule has 0 unspecified atom stereocenters. The Morgan fingerprint density at radius 2 is 2.05 bits per heavy atom. The molecule has 1 aromatic heterocycles. The summed E-state index contributed by atoms with van der Waals surface area (Å²) in [6.45, 7) is 4.06. The predicted molar refractivity (Wildman–Crippen MR) is 88.1 cm³/mol. The summed E-state index contributed by atoms with van der Waals surface area (Å²) in [5, 5.41) is 3.49. The van der Waals surface area contributed by atoms with Crippen LogP contribution in [0.1, 0.15) is 31.0 Å². The first-order valence-electron chi connectivity index (χ1n) is 7.79. The van der Waals surface area contributed by atoms with Crippen LogP contribution in [-0.4, -0.2) is 29.7 Å². The van der Waals surface area contributed by atoms with E-state index in [2.05, 4.69) is 70.3 Å². The molecule has 1 aliphatic rings. The maximum Gasteiger partial charge on any atom is 0.203 e. The number of benzene rings is 1. The number of aromatic nitrogens is 2. The molecule has 3 rings (SSSR count). The van der Waals surface area contributed by atoms with Crippen LogP contribution in [0.5, 0.6) is 0 Å². The van der Waals surface area contributed by atoms with E-state index < -0.39 is 0 Å². The molecule has 1 saturated carbocycles. The van der Waals surface area contributed by atoms with Crippen molar-refractivity contribution in [3.05, 3.63) is 42.2 Å². The number of rotatable bonds is 7. The number of imidazole rings is 1. The quantitative estimate of drug-likeness (QED) is 0.790. The molecule has 4 heteroatoms. The van der Waals surface area contributed by atoms with Crippen LogP contribution in [0.15, 0.2) is 36.5 Å². The molecule has 1 aliphatic carbocycles. The molecule has 1 fully saturated rings. The van der Waals surface area contributed by atoms with Gasteiger partial charge in [-0.15, -0.1) is 0 Å². The fraction of sp³-hybridized carbons (Fsp3) is 0.471. The summed E-state index contributed by atoms with van der Waals surface area (Å²) in [6, 6.07) is 11.2. The lowest BCUT2D eigenvalue weighted by molar-refractivity contribution is 0.734. The summed E-state index contributed by atoms with van der Waals surface area (Å²) in [7, 11) is 2.14. The molecule has 0 saturated heterocycles. The molecular formula is C17H24N4. The summed E-state index contributed by atoms with van der Waals surface area (Å²) in [5.41, 5.74) is 2.37. The Morgan fingerprint density at radius 1 is 1.29 bits per heavy atom. The number of para-hydroxylation sites is 1. The predicted octanol–water partition coefficient (Wildman–Crippen LogP) is 3.46. The zero-order chi connectivity index (χ0) is 14.7. The average molecular weight is 284 g/mol. The summed E-state index contributed by atoms with van der Waals surface area (Å²) in [6.07, 6.45) is 5.85. The Morgan fingerprint density at radius 3 is 2.76 bits per heavy atom. The van der Waals surface area contributed by atoms with Gasteiger partial charge < -0.3 is 14.8 Å². The van der Waals surface area contributed by atoms with Crippen molar-refractivity contribution in [2.24, 2.45) is 0 Å². The maximum atomic E-state index is 4.58. The Bertz CT molecular complexity index is 572. The van der Waals surface area contributed by atoms with E-state index in [1.165, 1.54) is 18.5 Å². The van der Waals surface area contributed by atoms with Crippen LogP contribution in [0, 0.1) is 6.92 Å². The Labute approximate surface area is 126 Å². The van der Waals surface area contributed by atoms with E-state index in [1.54, 1.807) is 0 Å². The first kappa shape index (κ1) is 14.0. The molecule has 0 amide bonds. The SMILES string of the molecule is Cc1cn(C2CC2)c(NCCCN(C)c2ccccc2)n1. The van der Waals surface area contributed by atoms with E-state index >= 15 is 0 Å². The van der Waals surface area contributed by atoms with E-state index in [0.29, 0.717) is 6.04 Å². The van der Waals surface area contributed by atoms with E-state index in [4.69, 9.17) is 0 Å². The lowest BCUT2D eigenvalue weighted by atomic mass is 10.3. The second kappa shape index (κ2) is 6.20. The molecule has 1 N–H and O–H groups in total. The fourth-order valence-electron chi connectivity index (χ4n) is 2.61. The van der Waals surface area contributed by atoms with Gasteiger partial charge in [0.2, 0.25) is 5.95 Å². The first-order valence-corrected chi connectivity index (χ1v) is 7.79. The van der Waals surface area contributed by atoms with Gasteiger partial charge in [-0.1, -0.05) is 18.2 Å². The highest BCUT2D eigenvalue weighted by molar-refractivity contribution is 5.44. The normalized spacial score (nSPS) is 14.2. The van der Waals surface area contributed by atoms with Gasteiger partial charge in [0.25, 0.3) is 0 Å². The lowest BCUT2D eigenvalue weighted by Gasteiger charge is -2.19. The zero-order valence-electron chi connectivity index (χ0n) is 12.9. The van der Waals surface area contributed by atoms with Gasteiger partial charge in [0.1, 0.15) is 0 Å². The molecule has 4 nitrogen and oxygen atoms in total. The topological polar surface area (TPSA) is 33.1 Å². The number of anilines is 2. The zero-order valence-corrected chi connectivity index (χ0v) is 12.9. The van der Waals surface area contributed by atoms with Crippen LogP contribution in [0.3, 0.4) is 0 Å². The van der Waals surface area contributed by atoms with Crippen LogP contribution in [0.4, 0.5) is 11.6 Å². The van der Waals surface area contributed by atoms with Crippen LogP contribution >= 0.6 is 0 Å². The van der Waals surface area contributed by atoms with Crippen LogP contribution < -0.4 is 10.2 Å². The highest BCUT2D eigenvalue weighted by Gasteiger charge is 2.25. The van der Waals surface area contributed by atoms with Crippen molar-refractivity contribution in [3.63, 3.8) is 0 Å². The van der Waals surface area contributed by atoms with Gasteiger partial charge in [-0.05, 0) is 38.3 Å². The smallest absolute Gasteiger partial charge is 0.203 e. The molecule has 112 valence electrons. The second-order valence-corrected chi connectivity index (χ2v) is 5.88. The molecule has 1 heterocycles. The molecule has 0 atom stereocenters. The molecule has 0 radical (unpaired) electrons. The first-order chi connectivity index (χ1) is 10.2. The Balaban J connectivity index is 1.46. The Hall–Kier alpha value is -1.97. The molecule has 0 aliphatic heterocycles. The number of nitrogens with one attached hydrogen (secondary N) is 1. The number of aryl methyl sites for hydroxylation is 1. The van der Waals surface area contributed by atoms with E-state index in [1.807, 2.05) is 0 Å². The third-order valence-electron chi connectivity index (χ3n) is 3.94. The van der Waals surface area contributed by atoms with Crippen molar-refractivity contribution in [2.75, 3.05) is 30.4 Å². The molecule has 0 spiro atoms. The molecule has 21 heavy (non-hydrogen) atoms. The third-order valence-corrected chi connectivity index (χ3v) is 3.94.